The molecule has 1 N–H and O–H groups in total. The van der Waals surface area contributed by atoms with Gasteiger partial charge in [-0.1, -0.05) is 13.0 Å². The molecule has 7 heteroatoms. The zero-order valence-corrected chi connectivity index (χ0v) is 12.6. The van der Waals surface area contributed by atoms with Crippen molar-refractivity contribution in [3.63, 3.8) is 0 Å². The molecular formula is C16H16N2O5. The van der Waals surface area contributed by atoms with Gasteiger partial charge in [-0.2, -0.15) is 0 Å². The van der Waals surface area contributed by atoms with Gasteiger partial charge in [0.15, 0.2) is 0 Å². The van der Waals surface area contributed by atoms with Gasteiger partial charge in [-0.3, -0.25) is 24.5 Å². The second-order valence-electron chi connectivity index (χ2n) is 5.51. The van der Waals surface area contributed by atoms with Crippen molar-refractivity contribution in [3.8, 4) is 5.75 Å². The third-order valence-electron chi connectivity index (χ3n) is 4.05. The molecule has 0 bridgehead atoms. The van der Waals surface area contributed by atoms with Crippen LogP contribution in [0.15, 0.2) is 18.2 Å². The maximum Gasteiger partial charge on any atom is 0.310 e. The zero-order valence-electron chi connectivity index (χ0n) is 12.6. The predicted octanol–water partition coefficient (Wildman–Crippen LogP) is 0.763. The van der Waals surface area contributed by atoms with Gasteiger partial charge in [0.25, 0.3) is 5.91 Å². The van der Waals surface area contributed by atoms with Crippen LogP contribution in [0.4, 0.5) is 0 Å². The van der Waals surface area contributed by atoms with Crippen molar-refractivity contribution in [2.45, 2.75) is 38.8 Å². The van der Waals surface area contributed by atoms with Crippen LogP contribution in [0, 0.1) is 0 Å². The van der Waals surface area contributed by atoms with E-state index in [1.807, 2.05) is 0 Å². The number of nitrogens with one attached hydrogen (secondary N) is 1. The van der Waals surface area contributed by atoms with E-state index < -0.39 is 11.9 Å². The normalized spacial score (nSPS) is 20.3. The summed E-state index contributed by atoms with van der Waals surface area (Å²) in [6.45, 7) is 1.87. The molecule has 2 heterocycles. The molecule has 1 atom stereocenters. The van der Waals surface area contributed by atoms with Gasteiger partial charge < -0.3 is 9.64 Å². The fraction of sp³-hybridized carbons (Fsp3) is 0.375. The van der Waals surface area contributed by atoms with Gasteiger partial charge >= 0.3 is 5.97 Å². The van der Waals surface area contributed by atoms with Gasteiger partial charge in [-0.15, -0.1) is 0 Å². The van der Waals surface area contributed by atoms with Gasteiger partial charge in [0.05, 0.1) is 6.54 Å². The molecule has 0 saturated carbocycles. The highest BCUT2D eigenvalue weighted by atomic mass is 16.5. The lowest BCUT2D eigenvalue weighted by Gasteiger charge is -2.29. The Labute approximate surface area is 132 Å². The number of imide groups is 1. The average Bonchev–Trinajstić information content (AvgIpc) is 2.86. The van der Waals surface area contributed by atoms with Crippen LogP contribution in [0.1, 0.15) is 42.1 Å². The molecule has 23 heavy (non-hydrogen) atoms. The van der Waals surface area contributed by atoms with Gasteiger partial charge in [-0.25, -0.2) is 0 Å². The molecule has 0 aliphatic carbocycles. The number of rotatable bonds is 3. The quantitative estimate of drug-likeness (QED) is 0.505. The van der Waals surface area contributed by atoms with E-state index in [1.54, 1.807) is 25.1 Å². The third-order valence-corrected chi connectivity index (χ3v) is 4.05. The Hall–Kier alpha value is -2.70. The van der Waals surface area contributed by atoms with Crippen LogP contribution in [0.5, 0.6) is 5.75 Å². The van der Waals surface area contributed by atoms with E-state index >= 15 is 0 Å². The van der Waals surface area contributed by atoms with Crippen LogP contribution in [-0.2, 0) is 20.9 Å². The molecule has 0 radical (unpaired) electrons. The summed E-state index contributed by atoms with van der Waals surface area (Å²) in [6, 6.07) is 4.24. The number of benzene rings is 1. The Balaban J connectivity index is 1.87. The number of amides is 3. The highest BCUT2D eigenvalue weighted by Crippen LogP contribution is 2.33. The monoisotopic (exact) mass is 316 g/mol. The number of hydrogen-bond donors (Lipinski definition) is 1. The molecule has 1 aromatic rings. The Morgan fingerprint density at radius 3 is 2.83 bits per heavy atom. The molecule has 120 valence electrons. The largest absolute Gasteiger partial charge is 0.426 e. The van der Waals surface area contributed by atoms with Gasteiger partial charge in [0.2, 0.25) is 11.8 Å². The van der Waals surface area contributed by atoms with Crippen molar-refractivity contribution in [2.24, 2.45) is 0 Å². The van der Waals surface area contributed by atoms with E-state index in [2.05, 4.69) is 5.32 Å². The highest BCUT2D eigenvalue weighted by molar-refractivity contribution is 6.05. The van der Waals surface area contributed by atoms with Gasteiger partial charge in [-0.05, 0) is 18.6 Å². The fourth-order valence-electron chi connectivity index (χ4n) is 2.85. The minimum Gasteiger partial charge on any atom is -0.426 e. The Bertz CT molecular complexity index is 712. The van der Waals surface area contributed by atoms with Crippen LogP contribution in [-0.4, -0.2) is 34.6 Å². The summed E-state index contributed by atoms with van der Waals surface area (Å²) in [7, 11) is 0. The Morgan fingerprint density at radius 2 is 2.13 bits per heavy atom. The van der Waals surface area contributed by atoms with Crippen LogP contribution in [0.2, 0.25) is 0 Å². The van der Waals surface area contributed by atoms with Crippen LogP contribution in [0.3, 0.4) is 0 Å². The first-order valence-electron chi connectivity index (χ1n) is 7.48. The molecule has 3 rings (SSSR count). The topological polar surface area (TPSA) is 92.8 Å². The summed E-state index contributed by atoms with van der Waals surface area (Å²) < 4.78 is 5.26. The molecular weight excluding hydrogens is 300 g/mol. The summed E-state index contributed by atoms with van der Waals surface area (Å²) in [5.41, 5.74) is 1.03. The van der Waals surface area contributed by atoms with E-state index in [4.69, 9.17) is 4.74 Å². The number of hydrogen-bond acceptors (Lipinski definition) is 5. The number of ether oxygens (including phenoxy) is 1. The SMILES string of the molecule is CCC(=O)Oc1cccc2c1CN(C1CCC(=O)NC1=O)C2=O. The summed E-state index contributed by atoms with van der Waals surface area (Å²) in [5, 5.41) is 2.25. The predicted molar refractivity (Wildman–Crippen MR) is 78.4 cm³/mol. The minimum absolute atomic E-state index is 0.188. The zero-order chi connectivity index (χ0) is 16.6. The van der Waals surface area contributed by atoms with Gasteiger partial charge in [0, 0.05) is 24.0 Å². The van der Waals surface area contributed by atoms with Crippen LogP contribution in [0.25, 0.3) is 0 Å². The number of piperidine rings is 1. The molecule has 3 amide bonds. The maximum atomic E-state index is 12.6. The summed E-state index contributed by atoms with van der Waals surface area (Å²) in [6.07, 6.45) is 0.733. The molecule has 7 nitrogen and oxygen atoms in total. The van der Waals surface area contributed by atoms with Crippen molar-refractivity contribution in [2.75, 3.05) is 0 Å². The fourth-order valence-corrected chi connectivity index (χ4v) is 2.85. The summed E-state index contributed by atoms with van der Waals surface area (Å²) in [4.78, 5) is 48.7. The number of carbonyl (C=O) groups excluding carboxylic acids is 4. The smallest absolute Gasteiger partial charge is 0.310 e. The van der Waals surface area contributed by atoms with E-state index in [9.17, 15) is 19.2 Å². The Kier molecular flexibility index (Phi) is 3.85. The van der Waals surface area contributed by atoms with Crippen LogP contribution < -0.4 is 10.1 Å². The lowest BCUT2D eigenvalue weighted by Crippen LogP contribution is -2.52. The number of carbonyl (C=O) groups is 4. The lowest BCUT2D eigenvalue weighted by atomic mass is 10.0. The van der Waals surface area contributed by atoms with E-state index in [0.29, 0.717) is 23.3 Å². The highest BCUT2D eigenvalue weighted by Gasteiger charge is 2.40. The standard InChI is InChI=1S/C16H16N2O5/c1-2-14(20)23-12-5-3-4-9-10(12)8-18(16(9)22)11-6-7-13(19)17-15(11)21/h3-5,11H,2,6-8H2,1H3,(H,17,19,21). The molecule has 2 aliphatic heterocycles. The molecule has 1 aromatic carbocycles. The lowest BCUT2D eigenvalue weighted by molar-refractivity contribution is -0.137. The first-order valence-corrected chi connectivity index (χ1v) is 7.48. The number of fused-ring (bicyclic) bond motifs is 1. The summed E-state index contributed by atoms with van der Waals surface area (Å²) in [5.74, 6) is -1.12. The molecule has 1 saturated heterocycles. The van der Waals surface area contributed by atoms with Gasteiger partial charge in [0.1, 0.15) is 11.8 Å². The van der Waals surface area contributed by atoms with Crippen molar-refractivity contribution in [1.29, 1.82) is 0 Å². The van der Waals surface area contributed by atoms with Crippen molar-refractivity contribution >= 4 is 23.7 Å². The summed E-state index contributed by atoms with van der Waals surface area (Å²) >= 11 is 0. The first kappa shape index (κ1) is 15.2. The van der Waals surface area contributed by atoms with Crippen LogP contribution >= 0.6 is 0 Å². The first-order chi connectivity index (χ1) is 11.0. The van der Waals surface area contributed by atoms with Crippen molar-refractivity contribution in [3.05, 3.63) is 29.3 Å². The maximum absolute atomic E-state index is 12.6. The number of nitrogens with zero attached hydrogens (tertiary/aromatic N) is 1. The second-order valence-corrected chi connectivity index (χ2v) is 5.51. The average molecular weight is 316 g/mol. The number of esters is 1. The molecule has 0 aromatic heterocycles. The third kappa shape index (κ3) is 2.69. The van der Waals surface area contributed by atoms with Crippen molar-refractivity contribution in [1.82, 2.24) is 10.2 Å². The van der Waals surface area contributed by atoms with Crippen molar-refractivity contribution < 1.29 is 23.9 Å². The minimum atomic E-state index is -0.678. The van der Waals surface area contributed by atoms with E-state index in [-0.39, 0.29) is 37.2 Å². The molecule has 0 spiro atoms. The van der Waals surface area contributed by atoms with E-state index in [0.717, 1.165) is 0 Å². The Morgan fingerprint density at radius 1 is 1.35 bits per heavy atom. The second kappa shape index (κ2) is 5.83. The molecule has 1 fully saturated rings. The molecule has 1 unspecified atom stereocenters. The van der Waals surface area contributed by atoms with E-state index in [1.165, 1.54) is 4.90 Å². The molecule has 2 aliphatic rings.